The molecule has 1 aliphatic rings. The van der Waals surface area contributed by atoms with E-state index in [2.05, 4.69) is 19.9 Å². The molecule has 0 aromatic heterocycles. The van der Waals surface area contributed by atoms with E-state index in [-0.39, 0.29) is 6.10 Å². The lowest BCUT2D eigenvalue weighted by Crippen LogP contribution is -2.18. The fraction of sp³-hybridized carbons (Fsp3) is 0.800. The van der Waals surface area contributed by atoms with Gasteiger partial charge >= 0.3 is 0 Å². The minimum atomic E-state index is -0.201. The van der Waals surface area contributed by atoms with E-state index in [0.29, 0.717) is 5.41 Å². The lowest BCUT2D eigenvalue weighted by atomic mass is 9.83. The summed E-state index contributed by atoms with van der Waals surface area (Å²) in [5.41, 5.74) is 1.46. The highest BCUT2D eigenvalue weighted by molar-refractivity contribution is 5.08. The molecule has 64 valence electrons. The molecule has 0 amide bonds. The molecule has 0 saturated heterocycles. The fourth-order valence-corrected chi connectivity index (χ4v) is 1.61. The quantitative estimate of drug-likeness (QED) is 0.531. The molecule has 1 rings (SSSR count). The maximum Gasteiger partial charge on any atom is 0.0752 e. The molecule has 1 aliphatic carbocycles. The summed E-state index contributed by atoms with van der Waals surface area (Å²) >= 11 is 0. The second kappa shape index (κ2) is 2.98. The Labute approximate surface area is 69.1 Å². The van der Waals surface area contributed by atoms with Crippen LogP contribution in [0.5, 0.6) is 0 Å². The highest BCUT2D eigenvalue weighted by Gasteiger charge is 2.24. The van der Waals surface area contributed by atoms with E-state index in [1.165, 1.54) is 6.42 Å². The van der Waals surface area contributed by atoms with Crippen LogP contribution in [0, 0.1) is 5.41 Å². The van der Waals surface area contributed by atoms with Crippen LogP contribution in [0.2, 0.25) is 0 Å². The standard InChI is InChI=1S/C10H18O/c1-8-5-4-6-10(2,3)7-9(8)11/h5,9,11H,4,6-7H2,1-3H3. The van der Waals surface area contributed by atoms with E-state index in [4.69, 9.17) is 0 Å². The van der Waals surface area contributed by atoms with Crippen molar-refractivity contribution in [3.05, 3.63) is 11.6 Å². The third-order valence-electron chi connectivity index (χ3n) is 2.56. The van der Waals surface area contributed by atoms with Crippen LogP contribution in [0.1, 0.15) is 40.0 Å². The van der Waals surface area contributed by atoms with Crippen LogP contribution in [0.25, 0.3) is 0 Å². The zero-order valence-corrected chi connectivity index (χ0v) is 7.72. The Morgan fingerprint density at radius 1 is 1.55 bits per heavy atom. The fourth-order valence-electron chi connectivity index (χ4n) is 1.61. The minimum absolute atomic E-state index is 0.201. The van der Waals surface area contributed by atoms with Gasteiger partial charge in [-0.2, -0.15) is 0 Å². The monoisotopic (exact) mass is 154 g/mol. The molecule has 1 unspecified atom stereocenters. The van der Waals surface area contributed by atoms with E-state index in [1.54, 1.807) is 0 Å². The molecule has 11 heavy (non-hydrogen) atoms. The third kappa shape index (κ3) is 2.33. The predicted molar refractivity (Wildman–Crippen MR) is 47.4 cm³/mol. The first-order chi connectivity index (χ1) is 5.01. The molecular weight excluding hydrogens is 136 g/mol. The largest absolute Gasteiger partial charge is 0.389 e. The molecule has 1 heteroatoms. The van der Waals surface area contributed by atoms with Crippen molar-refractivity contribution in [2.45, 2.75) is 46.1 Å². The van der Waals surface area contributed by atoms with Crippen molar-refractivity contribution in [1.82, 2.24) is 0 Å². The molecule has 1 atom stereocenters. The van der Waals surface area contributed by atoms with Gasteiger partial charge in [-0.1, -0.05) is 19.9 Å². The van der Waals surface area contributed by atoms with E-state index >= 15 is 0 Å². The SMILES string of the molecule is CC1=CCCC(C)(C)CC1O. The Kier molecular flexibility index (Phi) is 2.38. The normalized spacial score (nSPS) is 30.9. The summed E-state index contributed by atoms with van der Waals surface area (Å²) in [7, 11) is 0. The number of rotatable bonds is 0. The summed E-state index contributed by atoms with van der Waals surface area (Å²) in [6.07, 6.45) is 5.19. The van der Waals surface area contributed by atoms with Crippen LogP contribution in [-0.4, -0.2) is 11.2 Å². The number of aliphatic hydroxyl groups excluding tert-OH is 1. The Morgan fingerprint density at radius 2 is 2.18 bits per heavy atom. The van der Waals surface area contributed by atoms with Gasteiger partial charge in [0.15, 0.2) is 0 Å². The van der Waals surface area contributed by atoms with Crippen LogP contribution >= 0.6 is 0 Å². The van der Waals surface area contributed by atoms with Crippen molar-refractivity contribution in [1.29, 1.82) is 0 Å². The minimum Gasteiger partial charge on any atom is -0.389 e. The van der Waals surface area contributed by atoms with Crippen LogP contribution < -0.4 is 0 Å². The number of aliphatic hydroxyl groups is 1. The molecule has 0 heterocycles. The number of allylic oxidation sites excluding steroid dienone is 1. The highest BCUT2D eigenvalue weighted by atomic mass is 16.3. The average Bonchev–Trinajstić information content (AvgIpc) is 1.93. The van der Waals surface area contributed by atoms with E-state index in [0.717, 1.165) is 18.4 Å². The second-order valence-electron chi connectivity index (χ2n) is 4.37. The van der Waals surface area contributed by atoms with Crippen molar-refractivity contribution >= 4 is 0 Å². The molecule has 0 aromatic carbocycles. The van der Waals surface area contributed by atoms with E-state index in [1.807, 2.05) is 6.92 Å². The molecule has 0 aliphatic heterocycles. The van der Waals surface area contributed by atoms with Gasteiger partial charge in [-0.15, -0.1) is 0 Å². The zero-order chi connectivity index (χ0) is 8.48. The zero-order valence-electron chi connectivity index (χ0n) is 7.72. The second-order valence-corrected chi connectivity index (χ2v) is 4.37. The van der Waals surface area contributed by atoms with Crippen molar-refractivity contribution < 1.29 is 5.11 Å². The number of hydrogen-bond donors (Lipinski definition) is 1. The summed E-state index contributed by atoms with van der Waals surface area (Å²) in [4.78, 5) is 0. The number of hydrogen-bond acceptors (Lipinski definition) is 1. The molecule has 0 aromatic rings. The van der Waals surface area contributed by atoms with Gasteiger partial charge in [0, 0.05) is 0 Å². The first-order valence-electron chi connectivity index (χ1n) is 4.36. The summed E-state index contributed by atoms with van der Waals surface area (Å²) in [6, 6.07) is 0. The maximum absolute atomic E-state index is 9.63. The molecule has 1 nitrogen and oxygen atoms in total. The molecule has 0 saturated carbocycles. The van der Waals surface area contributed by atoms with Crippen molar-refractivity contribution in [3.63, 3.8) is 0 Å². The smallest absolute Gasteiger partial charge is 0.0752 e. The molecule has 0 radical (unpaired) electrons. The predicted octanol–water partition coefficient (Wildman–Crippen LogP) is 2.50. The maximum atomic E-state index is 9.63. The first kappa shape index (κ1) is 8.79. The van der Waals surface area contributed by atoms with Gasteiger partial charge in [0.25, 0.3) is 0 Å². The lowest BCUT2D eigenvalue weighted by Gasteiger charge is -2.24. The van der Waals surface area contributed by atoms with E-state index in [9.17, 15) is 5.11 Å². The Balaban J connectivity index is 2.66. The summed E-state index contributed by atoms with van der Waals surface area (Å²) < 4.78 is 0. The highest BCUT2D eigenvalue weighted by Crippen LogP contribution is 2.33. The first-order valence-corrected chi connectivity index (χ1v) is 4.36. The van der Waals surface area contributed by atoms with Gasteiger partial charge in [0.05, 0.1) is 6.10 Å². The van der Waals surface area contributed by atoms with Crippen LogP contribution in [0.15, 0.2) is 11.6 Å². The van der Waals surface area contributed by atoms with Gasteiger partial charge in [-0.25, -0.2) is 0 Å². The molecule has 0 bridgehead atoms. The third-order valence-corrected chi connectivity index (χ3v) is 2.56. The van der Waals surface area contributed by atoms with Gasteiger partial charge < -0.3 is 5.11 Å². The van der Waals surface area contributed by atoms with Crippen molar-refractivity contribution in [2.24, 2.45) is 5.41 Å². The van der Waals surface area contributed by atoms with Crippen LogP contribution in [-0.2, 0) is 0 Å². The Hall–Kier alpha value is -0.300. The van der Waals surface area contributed by atoms with Gasteiger partial charge in [0.2, 0.25) is 0 Å². The topological polar surface area (TPSA) is 20.2 Å². The van der Waals surface area contributed by atoms with E-state index < -0.39 is 0 Å². The molecule has 0 spiro atoms. The average molecular weight is 154 g/mol. The molecule has 1 N–H and O–H groups in total. The van der Waals surface area contributed by atoms with Crippen LogP contribution in [0.3, 0.4) is 0 Å². The Morgan fingerprint density at radius 3 is 2.82 bits per heavy atom. The van der Waals surface area contributed by atoms with Gasteiger partial charge in [0.1, 0.15) is 0 Å². The van der Waals surface area contributed by atoms with Gasteiger partial charge in [-0.05, 0) is 37.2 Å². The molecule has 0 fully saturated rings. The van der Waals surface area contributed by atoms with Gasteiger partial charge in [-0.3, -0.25) is 0 Å². The Bertz CT molecular complexity index is 168. The summed E-state index contributed by atoms with van der Waals surface area (Å²) in [5, 5.41) is 9.63. The van der Waals surface area contributed by atoms with Crippen molar-refractivity contribution in [2.75, 3.05) is 0 Å². The molecular formula is C10H18O. The van der Waals surface area contributed by atoms with Crippen molar-refractivity contribution in [3.8, 4) is 0 Å². The summed E-state index contributed by atoms with van der Waals surface area (Å²) in [6.45, 7) is 6.47. The summed E-state index contributed by atoms with van der Waals surface area (Å²) in [5.74, 6) is 0. The van der Waals surface area contributed by atoms with Crippen LogP contribution in [0.4, 0.5) is 0 Å². The lowest BCUT2D eigenvalue weighted by molar-refractivity contribution is 0.144.